The summed E-state index contributed by atoms with van der Waals surface area (Å²) in [5.41, 5.74) is 2.21. The zero-order valence-electron chi connectivity index (χ0n) is 15.7. The highest BCUT2D eigenvalue weighted by Gasteiger charge is 2.25. The van der Waals surface area contributed by atoms with E-state index in [4.69, 9.17) is 11.6 Å². The van der Waals surface area contributed by atoms with Crippen LogP contribution in [0.5, 0.6) is 0 Å². The molecule has 0 spiro atoms. The van der Waals surface area contributed by atoms with Gasteiger partial charge in [-0.1, -0.05) is 59.8 Å². The second-order valence-corrected chi connectivity index (χ2v) is 8.33. The first-order chi connectivity index (χ1) is 14.1. The molecule has 0 radical (unpaired) electrons. The van der Waals surface area contributed by atoms with Crippen molar-refractivity contribution in [3.8, 4) is 0 Å². The second kappa shape index (κ2) is 8.84. The summed E-state index contributed by atoms with van der Waals surface area (Å²) < 4.78 is 0. The zero-order chi connectivity index (χ0) is 20.2. The molecule has 1 saturated carbocycles. The number of nitrogens with zero attached hydrogens (tertiary/aromatic N) is 1. The Morgan fingerprint density at radius 1 is 1.10 bits per heavy atom. The van der Waals surface area contributed by atoms with Crippen LogP contribution in [0, 0.1) is 0 Å². The molecule has 5 nitrogen and oxygen atoms in total. The normalized spacial score (nSPS) is 13.3. The van der Waals surface area contributed by atoms with Gasteiger partial charge in [-0.3, -0.25) is 9.59 Å². The molecule has 1 aromatic heterocycles. The molecule has 0 bridgehead atoms. The summed E-state index contributed by atoms with van der Waals surface area (Å²) in [6, 6.07) is 17.0. The summed E-state index contributed by atoms with van der Waals surface area (Å²) in [6.45, 7) is 0.374. The Hall–Kier alpha value is -2.57. The molecular formula is C22H20ClN3O2S. The van der Waals surface area contributed by atoms with Crippen LogP contribution >= 0.6 is 23.4 Å². The van der Waals surface area contributed by atoms with E-state index in [0.29, 0.717) is 22.2 Å². The minimum Gasteiger partial charge on any atom is -0.351 e. The predicted molar refractivity (Wildman–Crippen MR) is 116 cm³/mol. The van der Waals surface area contributed by atoms with Gasteiger partial charge in [-0.25, -0.2) is 4.98 Å². The summed E-state index contributed by atoms with van der Waals surface area (Å²) >= 11 is 7.43. The fraction of sp³-hybridized carbons (Fsp3) is 0.227. The van der Waals surface area contributed by atoms with Crippen LogP contribution < -0.4 is 10.6 Å². The highest BCUT2D eigenvalue weighted by atomic mass is 35.5. The minimum absolute atomic E-state index is 0.0869. The second-order valence-electron chi connectivity index (χ2n) is 6.93. The van der Waals surface area contributed by atoms with Crippen LogP contribution in [0.3, 0.4) is 0 Å². The van der Waals surface area contributed by atoms with Crippen molar-refractivity contribution in [2.75, 3.05) is 5.75 Å². The van der Waals surface area contributed by atoms with Gasteiger partial charge < -0.3 is 10.6 Å². The van der Waals surface area contributed by atoms with Crippen LogP contribution in [0.4, 0.5) is 0 Å². The SMILES string of the molecule is O=C(CSc1cc(C(=O)NC2CC2)c2ccccc2n1)NCc1ccccc1Cl. The highest BCUT2D eigenvalue weighted by Crippen LogP contribution is 2.26. The zero-order valence-corrected chi connectivity index (χ0v) is 17.2. The monoisotopic (exact) mass is 425 g/mol. The molecule has 0 atom stereocenters. The summed E-state index contributed by atoms with van der Waals surface area (Å²) in [6.07, 6.45) is 2.06. The molecule has 4 rings (SSSR count). The number of aromatic nitrogens is 1. The molecule has 0 unspecified atom stereocenters. The third-order valence-electron chi connectivity index (χ3n) is 4.63. The molecule has 2 N–H and O–H groups in total. The number of pyridine rings is 1. The van der Waals surface area contributed by atoms with Gasteiger partial charge in [0.15, 0.2) is 0 Å². The van der Waals surface area contributed by atoms with E-state index in [2.05, 4.69) is 15.6 Å². The molecular weight excluding hydrogens is 406 g/mol. The molecule has 2 amide bonds. The van der Waals surface area contributed by atoms with Crippen molar-refractivity contribution >= 4 is 46.1 Å². The quantitative estimate of drug-likeness (QED) is 0.557. The van der Waals surface area contributed by atoms with E-state index in [-0.39, 0.29) is 23.6 Å². The first-order valence-corrected chi connectivity index (χ1v) is 10.8. The Morgan fingerprint density at radius 3 is 2.66 bits per heavy atom. The maximum atomic E-state index is 12.7. The lowest BCUT2D eigenvalue weighted by molar-refractivity contribution is -0.118. The van der Waals surface area contributed by atoms with Crippen LogP contribution in [0.1, 0.15) is 28.8 Å². The van der Waals surface area contributed by atoms with Crippen molar-refractivity contribution in [2.45, 2.75) is 30.5 Å². The molecule has 1 fully saturated rings. The van der Waals surface area contributed by atoms with Gasteiger partial charge in [-0.2, -0.15) is 0 Å². The summed E-state index contributed by atoms with van der Waals surface area (Å²) in [7, 11) is 0. The lowest BCUT2D eigenvalue weighted by Crippen LogP contribution is -2.26. The van der Waals surface area contributed by atoms with Gasteiger partial charge in [0.05, 0.1) is 21.9 Å². The van der Waals surface area contributed by atoms with Gasteiger partial charge in [0.1, 0.15) is 0 Å². The van der Waals surface area contributed by atoms with Gasteiger partial charge in [-0.15, -0.1) is 0 Å². The fourth-order valence-corrected chi connectivity index (χ4v) is 3.88. The molecule has 1 aliphatic carbocycles. The summed E-state index contributed by atoms with van der Waals surface area (Å²) in [4.78, 5) is 29.5. The smallest absolute Gasteiger partial charge is 0.252 e. The molecule has 29 heavy (non-hydrogen) atoms. The van der Waals surface area contributed by atoms with Crippen molar-refractivity contribution in [3.05, 3.63) is 70.7 Å². The fourth-order valence-electron chi connectivity index (χ4n) is 2.93. The Kier molecular flexibility index (Phi) is 6.02. The topological polar surface area (TPSA) is 71.1 Å². The average Bonchev–Trinajstić information content (AvgIpc) is 3.55. The number of hydrogen-bond acceptors (Lipinski definition) is 4. The molecule has 148 valence electrons. The van der Waals surface area contributed by atoms with Gasteiger partial charge in [0.25, 0.3) is 5.91 Å². The number of amides is 2. The van der Waals surface area contributed by atoms with E-state index in [1.54, 1.807) is 12.1 Å². The minimum atomic E-state index is -0.117. The van der Waals surface area contributed by atoms with Crippen LogP contribution in [0.15, 0.2) is 59.6 Å². The summed E-state index contributed by atoms with van der Waals surface area (Å²) in [5.74, 6) is 0.00409. The van der Waals surface area contributed by atoms with Crippen LogP contribution in [0.25, 0.3) is 10.9 Å². The van der Waals surface area contributed by atoms with E-state index in [0.717, 1.165) is 29.3 Å². The Morgan fingerprint density at radius 2 is 1.86 bits per heavy atom. The molecule has 1 aliphatic rings. The Bertz CT molecular complexity index is 1070. The molecule has 3 aromatic rings. The van der Waals surface area contributed by atoms with Crippen LogP contribution in [-0.2, 0) is 11.3 Å². The molecule has 2 aromatic carbocycles. The molecule has 7 heteroatoms. The lowest BCUT2D eigenvalue weighted by atomic mass is 10.1. The highest BCUT2D eigenvalue weighted by molar-refractivity contribution is 7.99. The first kappa shape index (κ1) is 19.7. The average molecular weight is 426 g/mol. The van der Waals surface area contributed by atoms with E-state index in [9.17, 15) is 9.59 Å². The number of carbonyl (C=O) groups is 2. The number of halogens is 1. The number of rotatable bonds is 7. The largest absolute Gasteiger partial charge is 0.351 e. The number of benzene rings is 2. The van der Waals surface area contributed by atoms with Crippen LogP contribution in [-0.4, -0.2) is 28.6 Å². The van der Waals surface area contributed by atoms with E-state index >= 15 is 0 Å². The number of fused-ring (bicyclic) bond motifs is 1. The number of para-hydroxylation sites is 1. The van der Waals surface area contributed by atoms with Gasteiger partial charge in [0, 0.05) is 23.0 Å². The van der Waals surface area contributed by atoms with Crippen molar-refractivity contribution < 1.29 is 9.59 Å². The molecule has 0 saturated heterocycles. The third kappa shape index (κ3) is 5.08. The predicted octanol–water partition coefficient (Wildman–Crippen LogP) is 4.19. The summed E-state index contributed by atoms with van der Waals surface area (Å²) in [5, 5.41) is 7.99. The number of carbonyl (C=O) groups excluding carboxylic acids is 2. The lowest BCUT2D eigenvalue weighted by Gasteiger charge is -2.10. The first-order valence-electron chi connectivity index (χ1n) is 9.44. The number of nitrogens with one attached hydrogen (secondary N) is 2. The van der Waals surface area contributed by atoms with Crippen molar-refractivity contribution in [1.29, 1.82) is 0 Å². The van der Waals surface area contributed by atoms with Crippen molar-refractivity contribution in [3.63, 3.8) is 0 Å². The standard InChI is InChI=1S/C22H20ClN3O2S/c23-18-7-3-1-5-14(18)12-24-20(27)13-29-21-11-17(22(28)25-15-9-10-15)16-6-2-4-8-19(16)26-21/h1-8,11,15H,9-10,12-13H2,(H,24,27)(H,25,28). The Labute approximate surface area is 178 Å². The third-order valence-corrected chi connectivity index (χ3v) is 5.92. The van der Waals surface area contributed by atoms with Crippen LogP contribution in [0.2, 0.25) is 5.02 Å². The van der Waals surface area contributed by atoms with E-state index < -0.39 is 0 Å². The van der Waals surface area contributed by atoms with Gasteiger partial charge >= 0.3 is 0 Å². The van der Waals surface area contributed by atoms with E-state index in [1.807, 2.05) is 42.5 Å². The van der Waals surface area contributed by atoms with Gasteiger partial charge in [-0.05, 0) is 36.6 Å². The number of hydrogen-bond donors (Lipinski definition) is 2. The van der Waals surface area contributed by atoms with E-state index in [1.165, 1.54) is 11.8 Å². The number of thioether (sulfide) groups is 1. The van der Waals surface area contributed by atoms with Crippen molar-refractivity contribution in [2.24, 2.45) is 0 Å². The maximum Gasteiger partial charge on any atom is 0.252 e. The van der Waals surface area contributed by atoms with Crippen molar-refractivity contribution in [1.82, 2.24) is 15.6 Å². The van der Waals surface area contributed by atoms with Gasteiger partial charge in [0.2, 0.25) is 5.91 Å². The maximum absolute atomic E-state index is 12.7. The Balaban J connectivity index is 1.44. The molecule has 0 aliphatic heterocycles. The molecule has 1 heterocycles.